The number of hydrogen-bond acceptors (Lipinski definition) is 4. The number of carbonyl (C=O) groups excluding carboxylic acids is 1. The number of anilines is 1. The fourth-order valence-electron chi connectivity index (χ4n) is 4.06. The first-order valence-electron chi connectivity index (χ1n) is 11.6. The van der Waals surface area contributed by atoms with Crippen molar-refractivity contribution in [2.24, 2.45) is 0 Å². The minimum absolute atomic E-state index is 0.171. The highest BCUT2D eigenvalue weighted by atomic mass is 19.4. The molecule has 0 bridgehead atoms. The highest BCUT2D eigenvalue weighted by Gasteiger charge is 2.38. The third kappa shape index (κ3) is 6.94. The van der Waals surface area contributed by atoms with Crippen molar-refractivity contribution >= 4 is 17.6 Å². The van der Waals surface area contributed by atoms with Crippen molar-refractivity contribution < 1.29 is 32.3 Å². The largest absolute Gasteiger partial charge is 0.490 e. The zero-order chi connectivity index (χ0) is 27.3. The molecule has 0 spiro atoms. The van der Waals surface area contributed by atoms with E-state index in [4.69, 9.17) is 9.90 Å². The SMILES string of the molecule is Cc1ccc(NC(=O)C2c3c(ncn3C(C)C)CCN2Cc2ccccc2)c(F)c1.O=C(O)C(F)(F)F. The van der Waals surface area contributed by atoms with Crippen molar-refractivity contribution in [3.05, 3.63) is 83.2 Å². The molecule has 37 heavy (non-hydrogen) atoms. The van der Waals surface area contributed by atoms with E-state index in [0.717, 1.165) is 28.9 Å². The predicted molar refractivity (Wildman–Crippen MR) is 129 cm³/mol. The molecule has 2 aromatic carbocycles. The van der Waals surface area contributed by atoms with E-state index in [1.165, 1.54) is 6.07 Å². The van der Waals surface area contributed by atoms with Gasteiger partial charge in [0.25, 0.3) is 0 Å². The van der Waals surface area contributed by atoms with Gasteiger partial charge in [-0.05, 0) is 44.0 Å². The van der Waals surface area contributed by atoms with Crippen molar-refractivity contribution in [2.75, 3.05) is 11.9 Å². The fourth-order valence-corrected chi connectivity index (χ4v) is 4.06. The maximum absolute atomic E-state index is 14.4. The van der Waals surface area contributed by atoms with Crippen LogP contribution >= 0.6 is 0 Å². The van der Waals surface area contributed by atoms with Crippen LogP contribution < -0.4 is 5.32 Å². The smallest absolute Gasteiger partial charge is 0.475 e. The maximum Gasteiger partial charge on any atom is 0.490 e. The molecule has 198 valence electrons. The van der Waals surface area contributed by atoms with Crippen molar-refractivity contribution in [1.82, 2.24) is 14.5 Å². The average molecular weight is 521 g/mol. The molecule has 7 nitrogen and oxygen atoms in total. The summed E-state index contributed by atoms with van der Waals surface area (Å²) in [6.07, 6.45) is -2.49. The Bertz CT molecular complexity index is 1240. The summed E-state index contributed by atoms with van der Waals surface area (Å²) in [7, 11) is 0. The number of imidazole rings is 1. The molecule has 0 radical (unpaired) electrons. The van der Waals surface area contributed by atoms with Crippen LogP contribution in [-0.4, -0.2) is 44.2 Å². The lowest BCUT2D eigenvalue weighted by Crippen LogP contribution is -2.43. The number of fused-ring (bicyclic) bond motifs is 1. The van der Waals surface area contributed by atoms with Gasteiger partial charge in [0.05, 0.1) is 23.4 Å². The number of alkyl halides is 3. The number of aromatic nitrogens is 2. The van der Waals surface area contributed by atoms with E-state index >= 15 is 0 Å². The lowest BCUT2D eigenvalue weighted by molar-refractivity contribution is -0.192. The molecule has 0 saturated heterocycles. The highest BCUT2D eigenvalue weighted by molar-refractivity contribution is 5.95. The summed E-state index contributed by atoms with van der Waals surface area (Å²) in [5, 5.41) is 9.95. The molecule has 11 heteroatoms. The Morgan fingerprint density at radius 2 is 1.81 bits per heavy atom. The molecule has 1 aliphatic rings. The van der Waals surface area contributed by atoms with Crippen molar-refractivity contribution in [1.29, 1.82) is 0 Å². The molecule has 1 atom stereocenters. The number of halogens is 4. The minimum atomic E-state index is -5.08. The molecular formula is C26H28F4N4O3. The maximum atomic E-state index is 14.4. The summed E-state index contributed by atoms with van der Waals surface area (Å²) in [6, 6.07) is 14.6. The Kier molecular flexibility index (Phi) is 8.69. The van der Waals surface area contributed by atoms with Crippen molar-refractivity contribution in [2.45, 2.75) is 52.0 Å². The number of carboxylic acid groups (broad SMARTS) is 1. The molecular weight excluding hydrogens is 492 g/mol. The predicted octanol–water partition coefficient (Wildman–Crippen LogP) is 5.28. The molecule has 1 unspecified atom stereocenters. The number of carbonyl (C=O) groups is 2. The van der Waals surface area contributed by atoms with E-state index < -0.39 is 24.0 Å². The molecule has 2 N–H and O–H groups in total. The first-order valence-corrected chi connectivity index (χ1v) is 11.6. The highest BCUT2D eigenvalue weighted by Crippen LogP contribution is 2.33. The topological polar surface area (TPSA) is 87.5 Å². The third-order valence-corrected chi connectivity index (χ3v) is 5.83. The summed E-state index contributed by atoms with van der Waals surface area (Å²) in [4.78, 5) is 29.1. The molecule has 2 heterocycles. The van der Waals surface area contributed by atoms with Gasteiger partial charge in [0.15, 0.2) is 0 Å². The van der Waals surface area contributed by atoms with Gasteiger partial charge in [-0.2, -0.15) is 13.2 Å². The molecule has 1 aliphatic heterocycles. The molecule has 0 fully saturated rings. The minimum Gasteiger partial charge on any atom is -0.475 e. The molecule has 4 rings (SSSR count). The second-order valence-electron chi connectivity index (χ2n) is 8.96. The molecule has 1 amide bonds. The van der Waals surface area contributed by atoms with Gasteiger partial charge in [-0.15, -0.1) is 0 Å². The summed E-state index contributed by atoms with van der Waals surface area (Å²) >= 11 is 0. The monoisotopic (exact) mass is 520 g/mol. The van der Waals surface area contributed by atoms with Gasteiger partial charge in [0, 0.05) is 25.6 Å². The Hall–Kier alpha value is -3.73. The first-order chi connectivity index (χ1) is 17.4. The van der Waals surface area contributed by atoms with Crippen LogP contribution in [0.15, 0.2) is 54.9 Å². The van der Waals surface area contributed by atoms with Gasteiger partial charge in [-0.25, -0.2) is 14.2 Å². The van der Waals surface area contributed by atoms with Crippen LogP contribution in [0.2, 0.25) is 0 Å². The van der Waals surface area contributed by atoms with Crippen LogP contribution in [0.1, 0.15) is 48.4 Å². The first kappa shape index (κ1) is 27.9. The lowest BCUT2D eigenvalue weighted by atomic mass is 9.99. The van der Waals surface area contributed by atoms with E-state index in [1.807, 2.05) is 31.5 Å². The number of aryl methyl sites for hydroxylation is 1. The van der Waals surface area contributed by atoms with Gasteiger partial charge in [-0.1, -0.05) is 36.4 Å². The second-order valence-corrected chi connectivity index (χ2v) is 8.96. The van der Waals surface area contributed by atoms with E-state index in [0.29, 0.717) is 13.1 Å². The van der Waals surface area contributed by atoms with Gasteiger partial charge >= 0.3 is 12.1 Å². The normalized spacial score (nSPS) is 15.5. The number of amides is 1. The molecule has 1 aromatic heterocycles. The van der Waals surface area contributed by atoms with Crippen LogP contribution in [0.25, 0.3) is 0 Å². The van der Waals surface area contributed by atoms with Crippen LogP contribution in [0.4, 0.5) is 23.2 Å². The number of hydrogen-bond donors (Lipinski definition) is 2. The number of rotatable bonds is 5. The number of carboxylic acids is 1. The van der Waals surface area contributed by atoms with Crippen molar-refractivity contribution in [3.8, 4) is 0 Å². The zero-order valence-corrected chi connectivity index (χ0v) is 20.6. The van der Waals surface area contributed by atoms with Crippen LogP contribution in [0.5, 0.6) is 0 Å². The summed E-state index contributed by atoms with van der Waals surface area (Å²) in [6.45, 7) is 7.33. The Labute approximate surface area is 211 Å². The van der Waals surface area contributed by atoms with Gasteiger partial charge in [0.2, 0.25) is 5.91 Å². The Morgan fingerprint density at radius 1 is 1.16 bits per heavy atom. The Morgan fingerprint density at radius 3 is 2.38 bits per heavy atom. The third-order valence-electron chi connectivity index (χ3n) is 5.83. The van der Waals surface area contributed by atoms with Crippen molar-refractivity contribution in [3.63, 3.8) is 0 Å². The quantitative estimate of drug-likeness (QED) is 0.447. The molecule has 0 saturated carbocycles. The van der Waals surface area contributed by atoms with Gasteiger partial charge < -0.3 is 15.0 Å². The summed E-state index contributed by atoms with van der Waals surface area (Å²) in [5.41, 5.74) is 3.99. The standard InChI is InChI=1S/C24H27FN4O.C2HF3O2/c1-16(2)29-15-26-21-11-12-28(14-18-7-5-4-6-8-18)23(22(21)29)24(30)27-20-10-9-17(3)13-19(20)25;3-2(4,5)1(6)7/h4-10,13,15-16,23H,11-12,14H2,1-3H3,(H,27,30);(H,6,7). The van der Waals surface area contributed by atoms with E-state index in [-0.39, 0.29) is 17.6 Å². The fraction of sp³-hybridized carbons (Fsp3) is 0.346. The van der Waals surface area contributed by atoms with Gasteiger partial charge in [0.1, 0.15) is 11.9 Å². The van der Waals surface area contributed by atoms with E-state index in [2.05, 4.69) is 45.7 Å². The molecule has 0 aliphatic carbocycles. The van der Waals surface area contributed by atoms with Gasteiger partial charge in [-0.3, -0.25) is 9.69 Å². The van der Waals surface area contributed by atoms with E-state index in [9.17, 15) is 22.4 Å². The van der Waals surface area contributed by atoms with E-state index in [1.54, 1.807) is 12.1 Å². The van der Waals surface area contributed by atoms with Crippen LogP contribution in [-0.2, 0) is 22.6 Å². The second kappa shape index (κ2) is 11.5. The summed E-state index contributed by atoms with van der Waals surface area (Å²) < 4.78 is 48.2. The van der Waals surface area contributed by atoms with Crippen LogP contribution in [0, 0.1) is 12.7 Å². The number of nitrogens with zero attached hydrogens (tertiary/aromatic N) is 3. The Balaban J connectivity index is 0.000000479. The molecule has 3 aromatic rings. The van der Waals surface area contributed by atoms with Crippen LogP contribution in [0.3, 0.4) is 0 Å². The average Bonchev–Trinajstić information content (AvgIpc) is 3.25. The lowest BCUT2D eigenvalue weighted by Gasteiger charge is -2.36. The number of benzene rings is 2. The zero-order valence-electron chi connectivity index (χ0n) is 20.6. The number of nitrogens with one attached hydrogen (secondary N) is 1. The summed E-state index contributed by atoms with van der Waals surface area (Å²) in [5.74, 6) is -3.42. The number of aliphatic carboxylic acids is 1.